The summed E-state index contributed by atoms with van der Waals surface area (Å²) in [7, 11) is 1.22. The molecular formula is C11H17F2NO4. The van der Waals surface area contributed by atoms with E-state index in [0.29, 0.717) is 12.5 Å². The van der Waals surface area contributed by atoms with Crippen molar-refractivity contribution in [2.24, 2.45) is 5.92 Å². The molecule has 0 amide bonds. The zero-order chi connectivity index (χ0) is 14.1. The summed E-state index contributed by atoms with van der Waals surface area (Å²) in [5.41, 5.74) is 0. The van der Waals surface area contributed by atoms with Gasteiger partial charge < -0.3 is 15.2 Å². The Balaban J connectivity index is 4.44. The van der Waals surface area contributed by atoms with Gasteiger partial charge in [0.15, 0.2) is 0 Å². The Morgan fingerprint density at radius 1 is 1.44 bits per heavy atom. The number of carboxylic acid groups (broad SMARTS) is 1. The molecule has 0 aliphatic rings. The highest BCUT2D eigenvalue weighted by Gasteiger charge is 2.19. The minimum absolute atomic E-state index is 0.0305. The molecular weight excluding hydrogens is 248 g/mol. The Labute approximate surface area is 104 Å². The Hall–Kier alpha value is -1.50. The van der Waals surface area contributed by atoms with E-state index in [2.05, 4.69) is 10.1 Å². The quantitative estimate of drug-likeness (QED) is 0.649. The number of ether oxygens (including phenoxy) is 1. The number of carboxylic acids is 1. The Kier molecular flexibility index (Phi) is 7.86. The molecule has 0 saturated heterocycles. The smallest absolute Gasteiger partial charge is 0.322 e. The molecule has 0 bridgehead atoms. The zero-order valence-electron chi connectivity index (χ0n) is 10.3. The van der Waals surface area contributed by atoms with Crippen molar-refractivity contribution in [2.75, 3.05) is 13.7 Å². The van der Waals surface area contributed by atoms with E-state index in [9.17, 15) is 18.4 Å². The van der Waals surface area contributed by atoms with Crippen LogP contribution in [0.3, 0.4) is 0 Å². The fourth-order valence-corrected chi connectivity index (χ4v) is 1.42. The molecule has 0 rings (SSSR count). The average molecular weight is 265 g/mol. The molecule has 0 heterocycles. The topological polar surface area (TPSA) is 75.6 Å². The van der Waals surface area contributed by atoms with Gasteiger partial charge in [-0.15, -0.1) is 0 Å². The van der Waals surface area contributed by atoms with Crippen LogP contribution < -0.4 is 5.32 Å². The first kappa shape index (κ1) is 16.5. The van der Waals surface area contributed by atoms with Crippen LogP contribution in [0.4, 0.5) is 8.78 Å². The highest BCUT2D eigenvalue weighted by molar-refractivity contribution is 5.75. The minimum Gasteiger partial charge on any atom is -0.481 e. The van der Waals surface area contributed by atoms with Crippen molar-refractivity contribution < 1.29 is 28.2 Å². The zero-order valence-corrected chi connectivity index (χ0v) is 10.3. The van der Waals surface area contributed by atoms with Gasteiger partial charge in [-0.25, -0.2) is 0 Å². The summed E-state index contributed by atoms with van der Waals surface area (Å²) in [4.78, 5) is 21.7. The fourth-order valence-electron chi connectivity index (χ4n) is 1.42. The van der Waals surface area contributed by atoms with Gasteiger partial charge in [0.1, 0.15) is 6.04 Å². The lowest BCUT2D eigenvalue weighted by molar-refractivity contribution is -0.143. The van der Waals surface area contributed by atoms with Gasteiger partial charge in [0.2, 0.25) is 0 Å². The molecule has 104 valence electrons. The number of nitrogens with one attached hydrogen (secondary N) is 1. The van der Waals surface area contributed by atoms with Gasteiger partial charge in [-0.1, -0.05) is 6.92 Å². The second-order valence-electron chi connectivity index (χ2n) is 3.71. The third-order valence-electron chi connectivity index (χ3n) is 2.32. The third kappa shape index (κ3) is 6.95. The monoisotopic (exact) mass is 265 g/mol. The molecule has 18 heavy (non-hydrogen) atoms. The van der Waals surface area contributed by atoms with E-state index in [0.717, 1.165) is 0 Å². The first-order valence-electron chi connectivity index (χ1n) is 5.46. The predicted molar refractivity (Wildman–Crippen MR) is 60.1 cm³/mol. The van der Waals surface area contributed by atoms with Crippen LogP contribution in [0.1, 0.15) is 19.8 Å². The van der Waals surface area contributed by atoms with E-state index in [1.807, 2.05) is 0 Å². The van der Waals surface area contributed by atoms with Crippen molar-refractivity contribution in [3.8, 4) is 0 Å². The van der Waals surface area contributed by atoms with Gasteiger partial charge in [-0.05, 0) is 12.5 Å². The SMILES string of the molecule is CC[C@H](NC[C@H](C=C(F)F)CC(=O)O)C(=O)OC. The number of methoxy groups -OCH3 is 1. The van der Waals surface area contributed by atoms with E-state index in [1.165, 1.54) is 7.11 Å². The molecule has 0 spiro atoms. The summed E-state index contributed by atoms with van der Waals surface area (Å²) in [6, 6.07) is -0.623. The molecule has 5 nitrogen and oxygen atoms in total. The first-order valence-corrected chi connectivity index (χ1v) is 5.46. The largest absolute Gasteiger partial charge is 0.481 e. The average Bonchev–Trinajstić information content (AvgIpc) is 2.27. The number of rotatable bonds is 8. The Bertz CT molecular complexity index is 316. The van der Waals surface area contributed by atoms with Crippen molar-refractivity contribution in [1.29, 1.82) is 0 Å². The number of hydrogen-bond donors (Lipinski definition) is 2. The number of esters is 1. The maximum Gasteiger partial charge on any atom is 0.322 e. The van der Waals surface area contributed by atoms with Gasteiger partial charge in [-0.2, -0.15) is 8.78 Å². The van der Waals surface area contributed by atoms with Gasteiger partial charge >= 0.3 is 11.9 Å². The molecule has 0 aromatic heterocycles. The van der Waals surface area contributed by atoms with Crippen LogP contribution in [0, 0.1) is 5.92 Å². The van der Waals surface area contributed by atoms with Crippen LogP contribution in [0.5, 0.6) is 0 Å². The Morgan fingerprint density at radius 3 is 2.44 bits per heavy atom. The van der Waals surface area contributed by atoms with Crippen molar-refractivity contribution in [3.63, 3.8) is 0 Å². The van der Waals surface area contributed by atoms with Crippen LogP contribution >= 0.6 is 0 Å². The molecule has 2 atom stereocenters. The number of aliphatic carboxylic acids is 1. The van der Waals surface area contributed by atoms with Gasteiger partial charge in [0, 0.05) is 12.5 Å². The summed E-state index contributed by atoms with van der Waals surface area (Å²) in [6.07, 6.45) is -1.37. The molecule has 0 radical (unpaired) electrons. The summed E-state index contributed by atoms with van der Waals surface area (Å²) >= 11 is 0. The highest BCUT2D eigenvalue weighted by atomic mass is 19.3. The van der Waals surface area contributed by atoms with Crippen molar-refractivity contribution in [2.45, 2.75) is 25.8 Å². The summed E-state index contributed by atoms with van der Waals surface area (Å²) in [5, 5.41) is 11.3. The maximum atomic E-state index is 12.1. The number of hydrogen-bond acceptors (Lipinski definition) is 4. The molecule has 0 saturated carbocycles. The number of halogens is 2. The highest BCUT2D eigenvalue weighted by Crippen LogP contribution is 2.10. The lowest BCUT2D eigenvalue weighted by Crippen LogP contribution is -2.39. The van der Waals surface area contributed by atoms with E-state index >= 15 is 0 Å². The molecule has 0 aliphatic heterocycles. The molecule has 2 N–H and O–H groups in total. The van der Waals surface area contributed by atoms with Crippen molar-refractivity contribution >= 4 is 11.9 Å². The lowest BCUT2D eigenvalue weighted by Gasteiger charge is -2.17. The molecule has 0 aromatic rings. The van der Waals surface area contributed by atoms with E-state index in [4.69, 9.17) is 5.11 Å². The fraction of sp³-hybridized carbons (Fsp3) is 0.636. The molecule has 0 aromatic carbocycles. The molecule has 0 unspecified atom stereocenters. The molecule has 0 aliphatic carbocycles. The molecule has 7 heteroatoms. The van der Waals surface area contributed by atoms with E-state index < -0.39 is 36.4 Å². The van der Waals surface area contributed by atoms with E-state index in [1.54, 1.807) is 6.92 Å². The second kappa shape index (κ2) is 8.57. The van der Waals surface area contributed by atoms with Crippen LogP contribution in [0.2, 0.25) is 0 Å². The summed E-state index contributed by atoms with van der Waals surface area (Å²) in [6.45, 7) is 1.70. The lowest BCUT2D eigenvalue weighted by atomic mass is 10.0. The van der Waals surface area contributed by atoms with E-state index in [-0.39, 0.29) is 6.54 Å². The van der Waals surface area contributed by atoms with Crippen LogP contribution in [-0.4, -0.2) is 36.7 Å². The summed E-state index contributed by atoms with van der Waals surface area (Å²) < 4.78 is 28.7. The first-order chi connectivity index (χ1) is 8.40. The van der Waals surface area contributed by atoms with Crippen LogP contribution in [0.25, 0.3) is 0 Å². The van der Waals surface area contributed by atoms with Crippen LogP contribution in [0.15, 0.2) is 12.2 Å². The van der Waals surface area contributed by atoms with Gasteiger partial charge in [-0.3, -0.25) is 9.59 Å². The number of carbonyl (C=O) groups is 2. The predicted octanol–water partition coefficient (Wildman–Crippen LogP) is 1.40. The normalized spacial score (nSPS) is 13.6. The standard InChI is InChI=1S/C11H17F2NO4/c1-3-8(11(17)18-2)14-6-7(4-9(12)13)5-10(15)16/h4,7-8,14H,3,5-6H2,1-2H3,(H,15,16)/t7-,8+/m1/s1. The Morgan fingerprint density at radius 2 is 2.06 bits per heavy atom. The van der Waals surface area contributed by atoms with Gasteiger partial charge in [0.05, 0.1) is 13.5 Å². The van der Waals surface area contributed by atoms with Gasteiger partial charge in [0.25, 0.3) is 6.08 Å². The third-order valence-corrected chi connectivity index (χ3v) is 2.32. The summed E-state index contributed by atoms with van der Waals surface area (Å²) in [5.74, 6) is -2.55. The van der Waals surface area contributed by atoms with Crippen LogP contribution in [-0.2, 0) is 14.3 Å². The minimum atomic E-state index is -1.94. The second-order valence-corrected chi connectivity index (χ2v) is 3.71. The maximum absolute atomic E-state index is 12.1. The molecule has 0 fully saturated rings. The van der Waals surface area contributed by atoms with Crippen molar-refractivity contribution in [3.05, 3.63) is 12.2 Å². The number of carbonyl (C=O) groups excluding carboxylic acids is 1. The van der Waals surface area contributed by atoms with Crippen molar-refractivity contribution in [1.82, 2.24) is 5.32 Å².